The lowest BCUT2D eigenvalue weighted by atomic mass is 9.74. The molecular formula is C21H20FN5O2S. The lowest BCUT2D eigenvalue weighted by Crippen LogP contribution is -2.61. The maximum atomic E-state index is 15.0. The number of rotatable bonds is 3. The molecule has 0 bridgehead atoms. The molecule has 1 aromatic carbocycles. The van der Waals surface area contributed by atoms with Gasteiger partial charge in [0, 0.05) is 29.1 Å². The van der Waals surface area contributed by atoms with Crippen molar-refractivity contribution in [2.24, 2.45) is 11.7 Å². The summed E-state index contributed by atoms with van der Waals surface area (Å²) in [5.74, 6) is -0.205. The van der Waals surface area contributed by atoms with Crippen LogP contribution in [0.3, 0.4) is 0 Å². The van der Waals surface area contributed by atoms with E-state index in [2.05, 4.69) is 15.6 Å². The fraction of sp³-hybridized carbons (Fsp3) is 0.286. The Morgan fingerprint density at radius 2 is 2.30 bits per heavy atom. The van der Waals surface area contributed by atoms with Crippen molar-refractivity contribution in [2.75, 3.05) is 11.1 Å². The average Bonchev–Trinajstić information content (AvgIpc) is 2.75. The zero-order chi connectivity index (χ0) is 21.3. The van der Waals surface area contributed by atoms with E-state index in [1.54, 1.807) is 30.2 Å². The van der Waals surface area contributed by atoms with Crippen molar-refractivity contribution < 1.29 is 13.9 Å². The summed E-state index contributed by atoms with van der Waals surface area (Å²) in [6.45, 7) is 1.95. The van der Waals surface area contributed by atoms with E-state index < -0.39 is 17.3 Å². The summed E-state index contributed by atoms with van der Waals surface area (Å²) in [7, 11) is 0. The minimum atomic E-state index is -0.847. The highest BCUT2D eigenvalue weighted by molar-refractivity contribution is 7.99. The van der Waals surface area contributed by atoms with Crippen molar-refractivity contribution in [1.82, 2.24) is 10.3 Å². The summed E-state index contributed by atoms with van der Waals surface area (Å²) in [6, 6.07) is 9.37. The summed E-state index contributed by atoms with van der Waals surface area (Å²) in [4.78, 5) is 16.5. The van der Waals surface area contributed by atoms with Gasteiger partial charge in [-0.15, -0.1) is 11.8 Å². The molecule has 30 heavy (non-hydrogen) atoms. The molecule has 2 aliphatic rings. The van der Waals surface area contributed by atoms with Crippen LogP contribution in [0.4, 0.5) is 10.1 Å². The Balaban J connectivity index is 1.67. The van der Waals surface area contributed by atoms with Gasteiger partial charge in [-0.1, -0.05) is 0 Å². The number of nitrogens with one attached hydrogen (secondary N) is 2. The van der Waals surface area contributed by atoms with Crippen LogP contribution in [0.2, 0.25) is 0 Å². The molecule has 4 N–H and O–H groups in total. The van der Waals surface area contributed by atoms with E-state index in [1.807, 2.05) is 13.0 Å². The van der Waals surface area contributed by atoms with Crippen LogP contribution in [0.15, 0.2) is 48.9 Å². The standard InChI is InChI=1S/C21H20FN5O2S/c1-12-16-11-30-20(24)27-21(16,6-7-29-12)15-8-14(3-4-17(15)22)26-19(28)18-5-2-13(9-23)10-25-18/h2-8,10,12,16,20,27H,11,24H2,1H3,(H,26,28)/t12-,16-,20?,21-/m1/s1. The number of nitrogens with two attached hydrogens (primary N) is 1. The van der Waals surface area contributed by atoms with Crippen molar-refractivity contribution in [3.63, 3.8) is 0 Å². The van der Waals surface area contributed by atoms with E-state index in [9.17, 15) is 9.18 Å². The van der Waals surface area contributed by atoms with Gasteiger partial charge in [-0.3, -0.25) is 10.1 Å². The van der Waals surface area contributed by atoms with E-state index in [0.29, 0.717) is 22.6 Å². The predicted molar refractivity (Wildman–Crippen MR) is 112 cm³/mol. The minimum Gasteiger partial charge on any atom is -0.498 e. The quantitative estimate of drug-likeness (QED) is 0.693. The molecule has 0 spiro atoms. The number of ether oxygens (including phenoxy) is 1. The number of fused-ring (bicyclic) bond motifs is 1. The molecule has 1 unspecified atom stereocenters. The highest BCUT2D eigenvalue weighted by Crippen LogP contribution is 2.44. The fourth-order valence-corrected chi connectivity index (χ4v) is 5.07. The third-order valence-electron chi connectivity index (χ3n) is 5.41. The van der Waals surface area contributed by atoms with E-state index in [-0.39, 0.29) is 23.2 Å². The Kier molecular flexibility index (Phi) is 5.47. The Labute approximate surface area is 177 Å². The third kappa shape index (κ3) is 3.65. The number of pyridine rings is 1. The van der Waals surface area contributed by atoms with Crippen LogP contribution >= 0.6 is 11.8 Å². The van der Waals surface area contributed by atoms with Crippen molar-refractivity contribution in [2.45, 2.75) is 24.1 Å². The summed E-state index contributed by atoms with van der Waals surface area (Å²) in [5.41, 5.74) is 6.25. The number of halogens is 1. The second-order valence-corrected chi connectivity index (χ2v) is 8.38. The SMILES string of the molecule is C[C@H]1OC=C[C@]2(c3cc(NC(=O)c4ccc(C#N)cn4)ccc3F)NC(N)SC[C@H]12. The molecule has 154 valence electrons. The van der Waals surface area contributed by atoms with Gasteiger partial charge in [0.15, 0.2) is 0 Å². The largest absolute Gasteiger partial charge is 0.498 e. The number of anilines is 1. The summed E-state index contributed by atoms with van der Waals surface area (Å²) in [6.07, 6.45) is 4.56. The fourth-order valence-electron chi connectivity index (χ4n) is 3.84. The molecule has 2 aromatic rings. The molecule has 0 aliphatic carbocycles. The normalized spacial score (nSPS) is 27.5. The molecule has 0 saturated carbocycles. The topological polar surface area (TPSA) is 113 Å². The van der Waals surface area contributed by atoms with Crippen LogP contribution in [0.5, 0.6) is 0 Å². The maximum Gasteiger partial charge on any atom is 0.274 e. The molecule has 1 amide bonds. The van der Waals surface area contributed by atoms with Gasteiger partial charge in [-0.25, -0.2) is 9.37 Å². The molecule has 0 radical (unpaired) electrons. The molecular weight excluding hydrogens is 405 g/mol. The van der Waals surface area contributed by atoms with Gasteiger partial charge >= 0.3 is 0 Å². The first-order valence-corrected chi connectivity index (χ1v) is 10.4. The number of nitrogens with zero attached hydrogens (tertiary/aromatic N) is 2. The number of thioether (sulfide) groups is 1. The zero-order valence-electron chi connectivity index (χ0n) is 16.1. The van der Waals surface area contributed by atoms with Crippen LogP contribution in [0.1, 0.15) is 28.5 Å². The van der Waals surface area contributed by atoms with Crippen LogP contribution in [0, 0.1) is 23.1 Å². The van der Waals surface area contributed by atoms with Crippen LogP contribution in [0.25, 0.3) is 0 Å². The molecule has 1 saturated heterocycles. The first kappa shape index (κ1) is 20.3. The lowest BCUT2D eigenvalue weighted by molar-refractivity contribution is 0.0402. The molecule has 1 aromatic heterocycles. The first-order valence-electron chi connectivity index (χ1n) is 9.38. The number of carbonyl (C=O) groups excluding carboxylic acids is 1. The molecule has 2 aliphatic heterocycles. The molecule has 9 heteroatoms. The predicted octanol–water partition coefficient (Wildman–Crippen LogP) is 2.67. The summed E-state index contributed by atoms with van der Waals surface area (Å²) in [5, 5.41) is 14.9. The molecule has 3 heterocycles. The number of hydrogen-bond acceptors (Lipinski definition) is 7. The van der Waals surface area contributed by atoms with Gasteiger partial charge < -0.3 is 15.8 Å². The van der Waals surface area contributed by atoms with Gasteiger partial charge in [0.2, 0.25) is 0 Å². The summed E-state index contributed by atoms with van der Waals surface area (Å²) < 4.78 is 20.6. The second kappa shape index (κ2) is 8.07. The van der Waals surface area contributed by atoms with E-state index in [4.69, 9.17) is 15.7 Å². The number of aromatic nitrogens is 1. The van der Waals surface area contributed by atoms with Crippen molar-refractivity contribution in [3.8, 4) is 6.07 Å². The Morgan fingerprint density at radius 3 is 3.03 bits per heavy atom. The molecule has 4 atom stereocenters. The van der Waals surface area contributed by atoms with Gasteiger partial charge in [-0.05, 0) is 43.3 Å². The monoisotopic (exact) mass is 425 g/mol. The lowest BCUT2D eigenvalue weighted by Gasteiger charge is -2.49. The molecule has 4 rings (SSSR count). The third-order valence-corrected chi connectivity index (χ3v) is 6.44. The highest BCUT2D eigenvalue weighted by atomic mass is 32.2. The van der Waals surface area contributed by atoms with Crippen molar-refractivity contribution in [3.05, 3.63) is 71.5 Å². The molecule has 1 fully saturated rings. The van der Waals surface area contributed by atoms with Gasteiger partial charge in [0.1, 0.15) is 29.2 Å². The van der Waals surface area contributed by atoms with Crippen molar-refractivity contribution in [1.29, 1.82) is 5.26 Å². The van der Waals surface area contributed by atoms with Gasteiger partial charge in [-0.2, -0.15) is 5.26 Å². The van der Waals surface area contributed by atoms with Crippen LogP contribution in [-0.4, -0.2) is 28.2 Å². The number of amides is 1. The number of benzene rings is 1. The minimum absolute atomic E-state index is 0.0482. The van der Waals surface area contributed by atoms with Crippen LogP contribution < -0.4 is 16.4 Å². The average molecular weight is 425 g/mol. The van der Waals surface area contributed by atoms with E-state index in [1.165, 1.54) is 30.5 Å². The maximum absolute atomic E-state index is 15.0. The van der Waals surface area contributed by atoms with Gasteiger partial charge in [0.05, 0.1) is 17.4 Å². The Hall–Kier alpha value is -2.93. The molecule has 7 nitrogen and oxygen atoms in total. The van der Waals surface area contributed by atoms with Gasteiger partial charge in [0.25, 0.3) is 5.91 Å². The second-order valence-electron chi connectivity index (χ2n) is 7.21. The smallest absolute Gasteiger partial charge is 0.274 e. The first-order chi connectivity index (χ1) is 14.4. The van der Waals surface area contributed by atoms with Crippen LogP contribution in [-0.2, 0) is 10.3 Å². The Bertz CT molecular complexity index is 1040. The number of carbonyl (C=O) groups is 1. The van der Waals surface area contributed by atoms with E-state index in [0.717, 1.165) is 0 Å². The summed E-state index contributed by atoms with van der Waals surface area (Å²) >= 11 is 1.55. The number of hydrogen-bond donors (Lipinski definition) is 3. The number of nitriles is 1. The van der Waals surface area contributed by atoms with Crippen molar-refractivity contribution >= 4 is 23.4 Å². The zero-order valence-corrected chi connectivity index (χ0v) is 16.9. The highest BCUT2D eigenvalue weighted by Gasteiger charge is 2.49. The Morgan fingerprint density at radius 1 is 1.47 bits per heavy atom. The van der Waals surface area contributed by atoms with E-state index >= 15 is 0 Å².